The third-order valence-electron chi connectivity index (χ3n) is 2.48. The fourth-order valence-corrected chi connectivity index (χ4v) is 2.37. The molecular formula is C12H17F3N2S. The Kier molecular flexibility index (Phi) is 5.98. The smallest absolute Gasteiger partial charge is 0.271 e. The highest BCUT2D eigenvalue weighted by Gasteiger charge is 2.28. The number of thioether (sulfide) groups is 1. The summed E-state index contributed by atoms with van der Waals surface area (Å²) in [6.07, 6.45) is -4.93. The molecule has 1 atom stereocenters. The fraction of sp³-hybridized carbons (Fsp3) is 0.500. The molecule has 1 aromatic carbocycles. The van der Waals surface area contributed by atoms with E-state index >= 15 is 0 Å². The second kappa shape index (κ2) is 7.01. The SMILES string of the molecule is Cc1ccc(SCC(CCC(F)(F)F)NN)cc1. The fourth-order valence-electron chi connectivity index (χ4n) is 1.38. The molecule has 0 aliphatic rings. The Labute approximate surface area is 109 Å². The van der Waals surface area contributed by atoms with Crippen molar-refractivity contribution in [2.24, 2.45) is 5.84 Å². The lowest BCUT2D eigenvalue weighted by atomic mass is 10.2. The zero-order chi connectivity index (χ0) is 13.6. The van der Waals surface area contributed by atoms with Crippen molar-refractivity contribution < 1.29 is 13.2 Å². The van der Waals surface area contributed by atoms with Crippen LogP contribution in [0, 0.1) is 6.92 Å². The highest BCUT2D eigenvalue weighted by molar-refractivity contribution is 7.99. The summed E-state index contributed by atoms with van der Waals surface area (Å²) in [5, 5.41) is 0. The first-order valence-electron chi connectivity index (χ1n) is 5.63. The van der Waals surface area contributed by atoms with Gasteiger partial charge in [0.2, 0.25) is 0 Å². The third kappa shape index (κ3) is 6.28. The minimum absolute atomic E-state index is 0.00113. The molecule has 0 aliphatic heterocycles. The summed E-state index contributed by atoms with van der Waals surface area (Å²) >= 11 is 1.50. The van der Waals surface area contributed by atoms with Gasteiger partial charge in [0, 0.05) is 23.1 Å². The molecule has 0 aliphatic carbocycles. The van der Waals surface area contributed by atoms with E-state index in [2.05, 4.69) is 5.43 Å². The number of rotatable bonds is 6. The van der Waals surface area contributed by atoms with E-state index in [4.69, 9.17) is 5.84 Å². The molecule has 1 unspecified atom stereocenters. The summed E-state index contributed by atoms with van der Waals surface area (Å²) in [6, 6.07) is 7.53. The summed E-state index contributed by atoms with van der Waals surface area (Å²) in [5.74, 6) is 5.78. The van der Waals surface area contributed by atoms with Crippen LogP contribution in [0.4, 0.5) is 13.2 Å². The standard InChI is InChI=1S/C12H17F3N2S/c1-9-2-4-11(5-3-9)18-8-10(17-16)6-7-12(13,14)15/h2-5,10,17H,6-8,16H2,1H3. The Hall–Kier alpha value is -0.720. The maximum absolute atomic E-state index is 12.1. The normalized spacial score (nSPS) is 13.6. The highest BCUT2D eigenvalue weighted by Crippen LogP contribution is 2.25. The lowest BCUT2D eigenvalue weighted by Crippen LogP contribution is -2.37. The molecular weight excluding hydrogens is 261 g/mol. The number of nitrogens with two attached hydrogens (primary N) is 1. The van der Waals surface area contributed by atoms with Crippen LogP contribution >= 0.6 is 11.8 Å². The van der Waals surface area contributed by atoms with Gasteiger partial charge in [-0.3, -0.25) is 11.3 Å². The van der Waals surface area contributed by atoms with Crippen LogP contribution in [-0.2, 0) is 0 Å². The second-order valence-corrected chi connectivity index (χ2v) is 5.23. The van der Waals surface area contributed by atoms with Gasteiger partial charge >= 0.3 is 6.18 Å². The van der Waals surface area contributed by atoms with Crippen LogP contribution in [0.2, 0.25) is 0 Å². The maximum atomic E-state index is 12.1. The summed E-state index contributed by atoms with van der Waals surface area (Å²) in [5.41, 5.74) is 3.59. The van der Waals surface area contributed by atoms with Gasteiger partial charge in [-0.2, -0.15) is 13.2 Å². The van der Waals surface area contributed by atoms with E-state index in [0.29, 0.717) is 5.75 Å². The number of benzene rings is 1. The predicted molar refractivity (Wildman–Crippen MR) is 68.3 cm³/mol. The van der Waals surface area contributed by atoms with Crippen molar-refractivity contribution in [1.29, 1.82) is 0 Å². The third-order valence-corrected chi connectivity index (χ3v) is 3.66. The molecule has 2 nitrogen and oxygen atoms in total. The first-order valence-corrected chi connectivity index (χ1v) is 6.61. The van der Waals surface area contributed by atoms with E-state index in [1.165, 1.54) is 11.8 Å². The molecule has 0 amide bonds. The van der Waals surface area contributed by atoms with Crippen molar-refractivity contribution in [1.82, 2.24) is 5.43 Å². The molecule has 0 saturated carbocycles. The zero-order valence-corrected chi connectivity index (χ0v) is 10.9. The van der Waals surface area contributed by atoms with Crippen molar-refractivity contribution in [3.05, 3.63) is 29.8 Å². The van der Waals surface area contributed by atoms with E-state index in [0.717, 1.165) is 10.5 Å². The molecule has 0 aromatic heterocycles. The molecule has 0 heterocycles. The second-order valence-electron chi connectivity index (χ2n) is 4.14. The van der Waals surface area contributed by atoms with Gasteiger partial charge in [0.25, 0.3) is 0 Å². The predicted octanol–water partition coefficient (Wildman–Crippen LogP) is 3.26. The molecule has 6 heteroatoms. The van der Waals surface area contributed by atoms with Crippen molar-refractivity contribution in [2.45, 2.75) is 36.9 Å². The van der Waals surface area contributed by atoms with E-state index in [1.54, 1.807) is 0 Å². The minimum atomic E-state index is -4.12. The summed E-state index contributed by atoms with van der Waals surface area (Å²) in [7, 11) is 0. The topological polar surface area (TPSA) is 38.0 Å². The number of hydrazine groups is 1. The quantitative estimate of drug-likeness (QED) is 0.476. The number of aryl methyl sites for hydroxylation is 1. The Morgan fingerprint density at radius 1 is 1.28 bits per heavy atom. The van der Waals surface area contributed by atoms with Gasteiger partial charge in [-0.05, 0) is 25.5 Å². The summed E-state index contributed by atoms with van der Waals surface area (Å²) < 4.78 is 36.3. The lowest BCUT2D eigenvalue weighted by Gasteiger charge is -2.16. The van der Waals surface area contributed by atoms with E-state index in [1.807, 2.05) is 31.2 Å². The average molecular weight is 278 g/mol. The molecule has 18 heavy (non-hydrogen) atoms. The minimum Gasteiger partial charge on any atom is -0.271 e. The van der Waals surface area contributed by atoms with Crippen LogP contribution < -0.4 is 11.3 Å². The molecule has 1 rings (SSSR count). The number of alkyl halides is 3. The molecule has 0 radical (unpaired) electrons. The van der Waals surface area contributed by atoms with Crippen LogP contribution in [0.25, 0.3) is 0 Å². The van der Waals surface area contributed by atoms with E-state index < -0.39 is 12.6 Å². The van der Waals surface area contributed by atoms with Crippen LogP contribution in [0.3, 0.4) is 0 Å². The van der Waals surface area contributed by atoms with Crippen molar-refractivity contribution >= 4 is 11.8 Å². The van der Waals surface area contributed by atoms with Gasteiger partial charge in [-0.1, -0.05) is 17.7 Å². The van der Waals surface area contributed by atoms with Gasteiger partial charge in [0.15, 0.2) is 0 Å². The van der Waals surface area contributed by atoms with Crippen LogP contribution in [0.1, 0.15) is 18.4 Å². The molecule has 1 aromatic rings. The average Bonchev–Trinajstić information content (AvgIpc) is 2.30. The van der Waals surface area contributed by atoms with Crippen molar-refractivity contribution in [2.75, 3.05) is 5.75 Å². The van der Waals surface area contributed by atoms with Crippen molar-refractivity contribution in [3.63, 3.8) is 0 Å². The van der Waals surface area contributed by atoms with Gasteiger partial charge in [-0.15, -0.1) is 11.8 Å². The number of halogens is 3. The Morgan fingerprint density at radius 2 is 1.89 bits per heavy atom. The highest BCUT2D eigenvalue weighted by atomic mass is 32.2. The number of hydrogen-bond donors (Lipinski definition) is 2. The monoisotopic (exact) mass is 278 g/mol. The Morgan fingerprint density at radius 3 is 2.39 bits per heavy atom. The van der Waals surface area contributed by atoms with Gasteiger partial charge in [0.1, 0.15) is 0 Å². The number of nitrogens with one attached hydrogen (secondary N) is 1. The molecule has 3 N–H and O–H groups in total. The van der Waals surface area contributed by atoms with Gasteiger partial charge in [-0.25, -0.2) is 0 Å². The van der Waals surface area contributed by atoms with E-state index in [9.17, 15) is 13.2 Å². The Bertz CT molecular complexity index is 351. The number of hydrogen-bond acceptors (Lipinski definition) is 3. The Balaban J connectivity index is 2.37. The van der Waals surface area contributed by atoms with Crippen molar-refractivity contribution in [3.8, 4) is 0 Å². The summed E-state index contributed by atoms with van der Waals surface area (Å²) in [6.45, 7) is 1.99. The van der Waals surface area contributed by atoms with Crippen LogP contribution in [-0.4, -0.2) is 18.0 Å². The maximum Gasteiger partial charge on any atom is 0.389 e. The lowest BCUT2D eigenvalue weighted by molar-refractivity contribution is -0.136. The summed E-state index contributed by atoms with van der Waals surface area (Å²) in [4.78, 5) is 1.04. The van der Waals surface area contributed by atoms with Gasteiger partial charge < -0.3 is 0 Å². The first-order chi connectivity index (χ1) is 8.40. The van der Waals surface area contributed by atoms with E-state index in [-0.39, 0.29) is 12.5 Å². The van der Waals surface area contributed by atoms with Crippen LogP contribution in [0.5, 0.6) is 0 Å². The molecule has 0 saturated heterocycles. The molecule has 102 valence electrons. The zero-order valence-electron chi connectivity index (χ0n) is 10.1. The molecule has 0 spiro atoms. The largest absolute Gasteiger partial charge is 0.389 e. The van der Waals surface area contributed by atoms with Gasteiger partial charge in [0.05, 0.1) is 0 Å². The van der Waals surface area contributed by atoms with Crippen LogP contribution in [0.15, 0.2) is 29.2 Å². The first kappa shape index (κ1) is 15.3. The molecule has 0 bridgehead atoms. The molecule has 0 fully saturated rings.